The molecule has 0 atom stereocenters. The monoisotopic (exact) mass is 218 g/mol. The van der Waals surface area contributed by atoms with Crippen LogP contribution in [-0.2, 0) is 0 Å². The molecule has 2 aromatic rings. The lowest BCUT2D eigenvalue weighted by Crippen LogP contribution is -1.96. The molecule has 0 radical (unpaired) electrons. The zero-order valence-corrected chi connectivity index (χ0v) is 8.77. The first-order valence-corrected chi connectivity index (χ1v) is 4.82. The second kappa shape index (κ2) is 4.18. The van der Waals surface area contributed by atoms with E-state index < -0.39 is 0 Å². The molecule has 16 heavy (non-hydrogen) atoms. The van der Waals surface area contributed by atoms with E-state index in [9.17, 15) is 4.39 Å². The first-order chi connectivity index (χ1) is 7.65. The van der Waals surface area contributed by atoms with Crippen molar-refractivity contribution in [2.45, 2.75) is 6.92 Å². The minimum Gasteiger partial charge on any atom is -0.437 e. The number of nitrogen functional groups attached to an aromatic ring is 1. The predicted octanol–water partition coefficient (Wildman–Crippen LogP) is 2.90. The van der Waals surface area contributed by atoms with Gasteiger partial charge < -0.3 is 10.5 Å². The van der Waals surface area contributed by atoms with Crippen molar-refractivity contribution in [2.75, 3.05) is 5.73 Å². The molecule has 0 saturated heterocycles. The van der Waals surface area contributed by atoms with E-state index in [1.165, 1.54) is 24.3 Å². The first kappa shape index (κ1) is 10.4. The van der Waals surface area contributed by atoms with Crippen molar-refractivity contribution in [3.05, 3.63) is 47.9 Å². The van der Waals surface area contributed by atoms with Crippen LogP contribution < -0.4 is 10.5 Å². The van der Waals surface area contributed by atoms with E-state index in [2.05, 4.69) is 4.98 Å². The van der Waals surface area contributed by atoms with Gasteiger partial charge in [-0.2, -0.15) is 0 Å². The maximum atomic E-state index is 12.7. The minimum absolute atomic E-state index is 0.308. The Hall–Kier alpha value is -2.10. The molecule has 2 N–H and O–H groups in total. The quantitative estimate of drug-likeness (QED) is 0.843. The number of nitrogens with two attached hydrogens (primary N) is 1. The van der Waals surface area contributed by atoms with E-state index in [-0.39, 0.29) is 5.82 Å². The van der Waals surface area contributed by atoms with Gasteiger partial charge in [-0.15, -0.1) is 0 Å². The highest BCUT2D eigenvalue weighted by Crippen LogP contribution is 2.25. The number of hydrogen-bond acceptors (Lipinski definition) is 3. The van der Waals surface area contributed by atoms with E-state index in [1.807, 2.05) is 6.92 Å². The largest absolute Gasteiger partial charge is 0.437 e. The summed E-state index contributed by atoms with van der Waals surface area (Å²) in [5.74, 6) is 0.537. The number of benzene rings is 1. The summed E-state index contributed by atoms with van der Waals surface area (Å²) in [6, 6.07) is 9.22. The van der Waals surface area contributed by atoms with Gasteiger partial charge in [-0.1, -0.05) is 0 Å². The molecule has 1 heterocycles. The summed E-state index contributed by atoms with van der Waals surface area (Å²) in [5.41, 5.74) is 6.97. The standard InChI is InChI=1S/C12H11FN2O/c1-8-2-7-11(14)12(15-8)16-10-5-3-9(13)4-6-10/h2-7H,14H2,1H3. The van der Waals surface area contributed by atoms with Gasteiger partial charge in [-0.05, 0) is 43.3 Å². The smallest absolute Gasteiger partial charge is 0.242 e. The number of aromatic nitrogens is 1. The molecule has 0 spiro atoms. The van der Waals surface area contributed by atoms with Crippen LogP contribution in [-0.4, -0.2) is 4.98 Å². The molecule has 1 aromatic carbocycles. The van der Waals surface area contributed by atoms with E-state index in [4.69, 9.17) is 10.5 Å². The average molecular weight is 218 g/mol. The van der Waals surface area contributed by atoms with Gasteiger partial charge >= 0.3 is 0 Å². The van der Waals surface area contributed by atoms with Crippen LogP contribution in [0, 0.1) is 12.7 Å². The zero-order chi connectivity index (χ0) is 11.5. The van der Waals surface area contributed by atoms with Crippen LogP contribution in [0.5, 0.6) is 11.6 Å². The number of nitrogens with zero attached hydrogens (tertiary/aromatic N) is 1. The zero-order valence-electron chi connectivity index (χ0n) is 8.77. The average Bonchev–Trinajstić information content (AvgIpc) is 2.27. The van der Waals surface area contributed by atoms with E-state index in [0.29, 0.717) is 17.3 Å². The normalized spacial score (nSPS) is 10.1. The van der Waals surface area contributed by atoms with Crippen LogP contribution in [0.4, 0.5) is 10.1 Å². The molecule has 4 heteroatoms. The molecule has 0 aliphatic carbocycles. The van der Waals surface area contributed by atoms with Gasteiger partial charge in [0.2, 0.25) is 5.88 Å². The Balaban J connectivity index is 2.26. The molecule has 0 amide bonds. The van der Waals surface area contributed by atoms with Crippen LogP contribution in [0.1, 0.15) is 5.69 Å². The molecule has 2 rings (SSSR count). The summed E-state index contributed by atoms with van der Waals surface area (Å²) in [6.07, 6.45) is 0. The van der Waals surface area contributed by atoms with Gasteiger partial charge in [0.15, 0.2) is 0 Å². The van der Waals surface area contributed by atoms with Gasteiger partial charge in [0.1, 0.15) is 11.6 Å². The summed E-state index contributed by atoms with van der Waals surface area (Å²) >= 11 is 0. The molecule has 0 saturated carbocycles. The van der Waals surface area contributed by atoms with Crippen molar-refractivity contribution in [3.63, 3.8) is 0 Å². The highest BCUT2D eigenvalue weighted by Gasteiger charge is 2.04. The third-order valence-electron chi connectivity index (χ3n) is 2.06. The number of ether oxygens (including phenoxy) is 1. The van der Waals surface area contributed by atoms with Crippen molar-refractivity contribution in [1.82, 2.24) is 4.98 Å². The molecule has 1 aromatic heterocycles. The number of aryl methyl sites for hydroxylation is 1. The number of halogens is 1. The van der Waals surface area contributed by atoms with Crippen LogP contribution in [0.15, 0.2) is 36.4 Å². The maximum Gasteiger partial charge on any atom is 0.242 e. The lowest BCUT2D eigenvalue weighted by Gasteiger charge is -2.07. The highest BCUT2D eigenvalue weighted by atomic mass is 19.1. The Morgan fingerprint density at radius 1 is 1.12 bits per heavy atom. The molecular formula is C12H11FN2O. The van der Waals surface area contributed by atoms with Crippen LogP contribution in [0.3, 0.4) is 0 Å². The van der Waals surface area contributed by atoms with E-state index >= 15 is 0 Å². The predicted molar refractivity (Wildman–Crippen MR) is 59.9 cm³/mol. The molecule has 3 nitrogen and oxygen atoms in total. The third kappa shape index (κ3) is 2.28. The van der Waals surface area contributed by atoms with Crippen LogP contribution in [0.2, 0.25) is 0 Å². The fraction of sp³-hybridized carbons (Fsp3) is 0.0833. The second-order valence-electron chi connectivity index (χ2n) is 3.40. The fourth-order valence-electron chi connectivity index (χ4n) is 1.24. The van der Waals surface area contributed by atoms with Crippen molar-refractivity contribution in [2.24, 2.45) is 0 Å². The highest BCUT2D eigenvalue weighted by molar-refractivity contribution is 5.49. The minimum atomic E-state index is -0.308. The molecular weight excluding hydrogens is 207 g/mol. The van der Waals surface area contributed by atoms with Crippen LogP contribution in [0.25, 0.3) is 0 Å². The van der Waals surface area contributed by atoms with Crippen molar-refractivity contribution < 1.29 is 9.13 Å². The lowest BCUT2D eigenvalue weighted by atomic mass is 10.3. The van der Waals surface area contributed by atoms with E-state index in [0.717, 1.165) is 5.69 Å². The summed E-state index contributed by atoms with van der Waals surface area (Å²) < 4.78 is 18.1. The van der Waals surface area contributed by atoms with Crippen LogP contribution >= 0.6 is 0 Å². The Morgan fingerprint density at radius 2 is 1.81 bits per heavy atom. The van der Waals surface area contributed by atoms with Gasteiger partial charge in [0.25, 0.3) is 0 Å². The van der Waals surface area contributed by atoms with Crippen molar-refractivity contribution >= 4 is 5.69 Å². The molecule has 82 valence electrons. The van der Waals surface area contributed by atoms with Gasteiger partial charge in [-0.25, -0.2) is 9.37 Å². The molecule has 0 aliphatic rings. The lowest BCUT2D eigenvalue weighted by molar-refractivity contribution is 0.462. The number of rotatable bonds is 2. The Morgan fingerprint density at radius 3 is 2.50 bits per heavy atom. The third-order valence-corrected chi connectivity index (χ3v) is 2.06. The summed E-state index contributed by atoms with van der Waals surface area (Å²) in [4.78, 5) is 4.15. The Kier molecular flexibility index (Phi) is 2.72. The topological polar surface area (TPSA) is 48.1 Å². The summed E-state index contributed by atoms with van der Waals surface area (Å²) in [6.45, 7) is 1.84. The number of anilines is 1. The molecule has 0 bridgehead atoms. The summed E-state index contributed by atoms with van der Waals surface area (Å²) in [7, 11) is 0. The van der Waals surface area contributed by atoms with Crippen molar-refractivity contribution in [1.29, 1.82) is 0 Å². The van der Waals surface area contributed by atoms with Gasteiger partial charge in [0.05, 0.1) is 5.69 Å². The first-order valence-electron chi connectivity index (χ1n) is 4.82. The maximum absolute atomic E-state index is 12.7. The number of pyridine rings is 1. The number of hydrogen-bond donors (Lipinski definition) is 1. The van der Waals surface area contributed by atoms with Gasteiger partial charge in [-0.3, -0.25) is 0 Å². The van der Waals surface area contributed by atoms with E-state index in [1.54, 1.807) is 12.1 Å². The summed E-state index contributed by atoms with van der Waals surface area (Å²) in [5, 5.41) is 0. The Labute approximate surface area is 92.7 Å². The Bertz CT molecular complexity index is 497. The fourth-order valence-corrected chi connectivity index (χ4v) is 1.24. The molecule has 0 fully saturated rings. The molecule has 0 aliphatic heterocycles. The second-order valence-corrected chi connectivity index (χ2v) is 3.40. The SMILES string of the molecule is Cc1ccc(N)c(Oc2ccc(F)cc2)n1. The molecule has 0 unspecified atom stereocenters. The van der Waals surface area contributed by atoms with Crippen molar-refractivity contribution in [3.8, 4) is 11.6 Å². The van der Waals surface area contributed by atoms with Gasteiger partial charge in [0, 0.05) is 5.69 Å².